The van der Waals surface area contributed by atoms with Gasteiger partial charge in [0.25, 0.3) is 0 Å². The maximum absolute atomic E-state index is 13.2. The molecule has 23 heavy (non-hydrogen) atoms. The monoisotopic (exact) mass is 342 g/mol. The average Bonchev–Trinajstić information content (AvgIpc) is 2.81. The molecule has 0 saturated heterocycles. The molecule has 4 nitrogen and oxygen atoms in total. The normalized spacial score (nSPS) is 10.6. The summed E-state index contributed by atoms with van der Waals surface area (Å²) in [5, 5.41) is 3.61. The molecule has 0 saturated carbocycles. The Balaban J connectivity index is 0.00000264. The van der Waals surface area contributed by atoms with Gasteiger partial charge in [-0.3, -0.25) is 4.79 Å². The topological polar surface area (TPSA) is 68.3 Å². The fourth-order valence-electron chi connectivity index (χ4n) is 2.46. The first-order chi connectivity index (χ1) is 10.6. The van der Waals surface area contributed by atoms with Gasteiger partial charge in [-0.25, -0.2) is 4.39 Å². The van der Waals surface area contributed by atoms with Crippen LogP contribution in [0, 0.1) is 12.7 Å². The lowest BCUT2D eigenvalue weighted by molar-refractivity contribution is -0.121. The van der Waals surface area contributed by atoms with E-state index in [9.17, 15) is 9.18 Å². The van der Waals surface area contributed by atoms with Crippen LogP contribution in [-0.2, 0) is 11.3 Å². The highest BCUT2D eigenvalue weighted by Crippen LogP contribution is 2.25. The number of amides is 1. The zero-order chi connectivity index (χ0) is 15.9. The number of unbranched alkanes of at least 4 members (excludes halogenated alkanes) is 3. The second kappa shape index (κ2) is 9.53. The molecule has 3 N–H and O–H groups in total. The number of hydrogen-bond donors (Lipinski definition) is 2. The van der Waals surface area contributed by atoms with E-state index in [1.807, 2.05) is 6.92 Å². The molecule has 1 aromatic carbocycles. The minimum atomic E-state index is -0.288. The number of hydrogen-bond acceptors (Lipinski definition) is 3. The second-order valence-electron chi connectivity index (χ2n) is 5.52. The van der Waals surface area contributed by atoms with Gasteiger partial charge in [-0.1, -0.05) is 12.8 Å². The van der Waals surface area contributed by atoms with Crippen LogP contribution in [0.15, 0.2) is 22.6 Å². The summed E-state index contributed by atoms with van der Waals surface area (Å²) in [6, 6.07) is 4.44. The van der Waals surface area contributed by atoms with Crippen molar-refractivity contribution in [3.63, 3.8) is 0 Å². The van der Waals surface area contributed by atoms with E-state index in [-0.39, 0.29) is 24.1 Å². The molecule has 2 aromatic rings. The van der Waals surface area contributed by atoms with E-state index in [1.54, 1.807) is 6.07 Å². The van der Waals surface area contributed by atoms with Crippen molar-refractivity contribution in [2.75, 3.05) is 6.54 Å². The number of fused-ring (bicyclic) bond motifs is 1. The number of nitrogens with two attached hydrogens (primary N) is 1. The van der Waals surface area contributed by atoms with Gasteiger partial charge < -0.3 is 15.5 Å². The van der Waals surface area contributed by atoms with Gasteiger partial charge in [0, 0.05) is 17.4 Å². The average molecular weight is 343 g/mol. The van der Waals surface area contributed by atoms with Crippen LogP contribution in [0.3, 0.4) is 0 Å². The second-order valence-corrected chi connectivity index (χ2v) is 5.52. The van der Waals surface area contributed by atoms with Crippen LogP contribution < -0.4 is 11.1 Å². The predicted octanol–water partition coefficient (Wildman–Crippen LogP) is 3.83. The Morgan fingerprint density at radius 1 is 1.26 bits per heavy atom. The number of rotatable bonds is 8. The van der Waals surface area contributed by atoms with Crippen molar-refractivity contribution in [1.29, 1.82) is 0 Å². The highest BCUT2D eigenvalue weighted by Gasteiger charge is 2.12. The van der Waals surface area contributed by atoms with E-state index in [4.69, 9.17) is 10.2 Å². The Morgan fingerprint density at radius 2 is 2.00 bits per heavy atom. The van der Waals surface area contributed by atoms with Gasteiger partial charge in [0.1, 0.15) is 17.2 Å². The fourth-order valence-corrected chi connectivity index (χ4v) is 2.46. The molecule has 0 aliphatic carbocycles. The van der Waals surface area contributed by atoms with Gasteiger partial charge in [0.2, 0.25) is 5.91 Å². The van der Waals surface area contributed by atoms with E-state index < -0.39 is 0 Å². The number of furan rings is 1. The molecule has 6 heteroatoms. The molecular formula is C17H24ClFN2O2. The lowest BCUT2D eigenvalue weighted by Gasteiger charge is -2.04. The van der Waals surface area contributed by atoms with E-state index in [0.29, 0.717) is 30.9 Å². The minimum Gasteiger partial charge on any atom is -0.459 e. The van der Waals surface area contributed by atoms with Crippen molar-refractivity contribution in [2.45, 2.75) is 45.6 Å². The molecular weight excluding hydrogens is 319 g/mol. The van der Waals surface area contributed by atoms with Crippen molar-refractivity contribution < 1.29 is 13.6 Å². The van der Waals surface area contributed by atoms with Crippen LogP contribution in [0.25, 0.3) is 11.0 Å². The van der Waals surface area contributed by atoms with E-state index >= 15 is 0 Å². The fraction of sp³-hybridized carbons (Fsp3) is 0.471. The molecule has 0 spiro atoms. The zero-order valence-electron chi connectivity index (χ0n) is 13.4. The molecule has 1 heterocycles. The smallest absolute Gasteiger partial charge is 0.220 e. The van der Waals surface area contributed by atoms with E-state index in [1.165, 1.54) is 12.1 Å². The molecule has 0 fully saturated rings. The van der Waals surface area contributed by atoms with E-state index in [0.717, 1.165) is 36.6 Å². The summed E-state index contributed by atoms with van der Waals surface area (Å²) in [6.07, 6.45) is 4.48. The van der Waals surface area contributed by atoms with Gasteiger partial charge in [0.15, 0.2) is 0 Å². The summed E-state index contributed by atoms with van der Waals surface area (Å²) in [4.78, 5) is 11.8. The molecule has 1 amide bonds. The third kappa shape index (κ3) is 5.52. The van der Waals surface area contributed by atoms with Crippen LogP contribution in [-0.4, -0.2) is 12.5 Å². The van der Waals surface area contributed by atoms with Gasteiger partial charge in [0.05, 0.1) is 6.54 Å². The third-order valence-corrected chi connectivity index (χ3v) is 3.80. The first-order valence-corrected chi connectivity index (χ1v) is 7.76. The van der Waals surface area contributed by atoms with Crippen LogP contribution in [0.5, 0.6) is 0 Å². The highest BCUT2D eigenvalue weighted by atomic mass is 35.5. The van der Waals surface area contributed by atoms with Crippen molar-refractivity contribution in [3.8, 4) is 0 Å². The van der Waals surface area contributed by atoms with Crippen molar-refractivity contribution >= 4 is 29.3 Å². The van der Waals surface area contributed by atoms with Gasteiger partial charge in [-0.2, -0.15) is 0 Å². The Labute approximate surface area is 142 Å². The Bertz CT molecular complexity index is 643. The van der Waals surface area contributed by atoms with Crippen molar-refractivity contribution in [3.05, 3.63) is 35.3 Å². The van der Waals surface area contributed by atoms with Crippen LogP contribution in [0.1, 0.15) is 43.4 Å². The molecule has 1 aromatic heterocycles. The minimum absolute atomic E-state index is 0. The molecule has 0 aliphatic heterocycles. The quantitative estimate of drug-likeness (QED) is 0.716. The van der Waals surface area contributed by atoms with Crippen LogP contribution >= 0.6 is 12.4 Å². The number of halogens is 2. The first kappa shape index (κ1) is 19.5. The molecule has 2 rings (SSSR count). The van der Waals surface area contributed by atoms with Crippen LogP contribution in [0.2, 0.25) is 0 Å². The van der Waals surface area contributed by atoms with E-state index in [2.05, 4.69) is 5.32 Å². The maximum atomic E-state index is 13.2. The number of benzene rings is 1. The molecule has 128 valence electrons. The summed E-state index contributed by atoms with van der Waals surface area (Å²) >= 11 is 0. The Kier molecular flexibility index (Phi) is 8.06. The zero-order valence-corrected chi connectivity index (χ0v) is 14.2. The SMILES string of the molecule is Cc1c(CNC(=O)CCCCCCN)oc2ccc(F)cc12.Cl. The summed E-state index contributed by atoms with van der Waals surface area (Å²) in [5.41, 5.74) is 6.94. The molecule has 0 unspecified atom stereocenters. The third-order valence-electron chi connectivity index (χ3n) is 3.80. The standard InChI is InChI=1S/C17H23FN2O2.ClH/c1-12-14-10-13(18)7-8-15(14)22-16(12)11-20-17(21)6-4-2-3-5-9-19;/h7-8,10H,2-6,9,11,19H2,1H3,(H,20,21);1H. The van der Waals surface area contributed by atoms with Crippen LogP contribution in [0.4, 0.5) is 4.39 Å². The number of aryl methyl sites for hydroxylation is 1. The number of carbonyl (C=O) groups excluding carboxylic acids is 1. The lowest BCUT2D eigenvalue weighted by Crippen LogP contribution is -2.22. The van der Waals surface area contributed by atoms with Gasteiger partial charge in [-0.15, -0.1) is 12.4 Å². The van der Waals surface area contributed by atoms with Gasteiger partial charge >= 0.3 is 0 Å². The van der Waals surface area contributed by atoms with Crippen molar-refractivity contribution in [2.24, 2.45) is 5.73 Å². The predicted molar refractivity (Wildman–Crippen MR) is 92.1 cm³/mol. The number of nitrogens with one attached hydrogen (secondary N) is 1. The van der Waals surface area contributed by atoms with Crippen molar-refractivity contribution in [1.82, 2.24) is 5.32 Å². The lowest BCUT2D eigenvalue weighted by atomic mass is 10.1. The molecule has 0 atom stereocenters. The van der Waals surface area contributed by atoms with Gasteiger partial charge in [-0.05, 0) is 44.5 Å². The molecule has 0 radical (unpaired) electrons. The molecule has 0 bridgehead atoms. The highest BCUT2D eigenvalue weighted by molar-refractivity contribution is 5.85. The largest absolute Gasteiger partial charge is 0.459 e. The summed E-state index contributed by atoms with van der Waals surface area (Å²) in [7, 11) is 0. The summed E-state index contributed by atoms with van der Waals surface area (Å²) < 4.78 is 18.9. The number of carbonyl (C=O) groups is 1. The molecule has 0 aliphatic rings. The Morgan fingerprint density at radius 3 is 2.74 bits per heavy atom. The Hall–Kier alpha value is -1.59. The summed E-state index contributed by atoms with van der Waals surface area (Å²) in [5.74, 6) is 0.403. The first-order valence-electron chi connectivity index (χ1n) is 7.76. The maximum Gasteiger partial charge on any atom is 0.220 e. The summed E-state index contributed by atoms with van der Waals surface area (Å²) in [6.45, 7) is 2.92.